The van der Waals surface area contributed by atoms with Crippen molar-refractivity contribution in [2.45, 2.75) is 6.42 Å². The van der Waals surface area contributed by atoms with E-state index >= 15 is 0 Å². The fraction of sp³-hybridized carbons (Fsp3) is 0.200. The maximum absolute atomic E-state index is 11.5. The van der Waals surface area contributed by atoms with Crippen molar-refractivity contribution in [1.82, 2.24) is 5.32 Å². The molecule has 0 bridgehead atoms. The number of carbonyl (C=O) groups is 2. The van der Waals surface area contributed by atoms with Crippen LogP contribution in [0.1, 0.15) is 6.42 Å². The van der Waals surface area contributed by atoms with Crippen molar-refractivity contribution in [2.75, 3.05) is 11.4 Å². The minimum atomic E-state index is -0.353. The number of imide groups is 1. The highest BCUT2D eigenvalue weighted by molar-refractivity contribution is 9.10. The number of benzene rings is 1. The molecule has 3 amide bonds. The Balaban J connectivity index is 2.20. The zero-order valence-corrected chi connectivity index (χ0v) is 9.45. The highest BCUT2D eigenvalue weighted by Crippen LogP contribution is 2.19. The molecule has 1 heterocycles. The van der Waals surface area contributed by atoms with Crippen molar-refractivity contribution in [3.63, 3.8) is 0 Å². The number of urea groups is 1. The Morgan fingerprint density at radius 2 is 1.87 bits per heavy atom. The van der Waals surface area contributed by atoms with Gasteiger partial charge in [-0.05, 0) is 24.3 Å². The Labute approximate surface area is 95.4 Å². The highest BCUT2D eigenvalue weighted by Gasteiger charge is 2.23. The predicted molar refractivity (Wildman–Crippen MR) is 59.6 cm³/mol. The van der Waals surface area contributed by atoms with Crippen LogP contribution in [0.5, 0.6) is 0 Å². The Morgan fingerprint density at radius 1 is 1.20 bits per heavy atom. The van der Waals surface area contributed by atoms with E-state index in [1.807, 2.05) is 24.3 Å². The Kier molecular flexibility index (Phi) is 2.73. The van der Waals surface area contributed by atoms with E-state index in [1.54, 1.807) is 4.90 Å². The van der Waals surface area contributed by atoms with Crippen LogP contribution in [0.2, 0.25) is 0 Å². The van der Waals surface area contributed by atoms with Crippen LogP contribution in [0.25, 0.3) is 0 Å². The largest absolute Gasteiger partial charge is 0.328 e. The SMILES string of the molecule is O=C1CCN(c2ccc(Br)cc2)C(=O)N1. The number of hydrogen-bond donors (Lipinski definition) is 1. The maximum Gasteiger partial charge on any atom is 0.328 e. The summed E-state index contributed by atoms with van der Waals surface area (Å²) in [6.45, 7) is 0.437. The number of amides is 3. The molecule has 0 atom stereocenters. The molecule has 1 aromatic carbocycles. The third kappa shape index (κ3) is 2.18. The van der Waals surface area contributed by atoms with Crippen LogP contribution in [0.15, 0.2) is 28.7 Å². The Bertz CT molecular complexity index is 402. The number of carbonyl (C=O) groups excluding carboxylic acids is 2. The van der Waals surface area contributed by atoms with E-state index in [1.165, 1.54) is 0 Å². The minimum Gasteiger partial charge on any atom is -0.294 e. The van der Waals surface area contributed by atoms with Crippen LogP contribution in [0.4, 0.5) is 10.5 Å². The van der Waals surface area contributed by atoms with Crippen molar-refractivity contribution in [3.05, 3.63) is 28.7 Å². The molecular formula is C10H9BrN2O2. The highest BCUT2D eigenvalue weighted by atomic mass is 79.9. The van der Waals surface area contributed by atoms with Gasteiger partial charge in [-0.15, -0.1) is 0 Å². The van der Waals surface area contributed by atoms with Gasteiger partial charge in [-0.1, -0.05) is 15.9 Å². The summed E-state index contributed by atoms with van der Waals surface area (Å²) in [7, 11) is 0. The molecule has 0 aliphatic carbocycles. The van der Waals surface area contributed by atoms with Gasteiger partial charge >= 0.3 is 6.03 Å². The van der Waals surface area contributed by atoms with Crippen molar-refractivity contribution in [1.29, 1.82) is 0 Å². The lowest BCUT2D eigenvalue weighted by Crippen LogP contribution is -2.49. The standard InChI is InChI=1S/C10H9BrN2O2/c11-7-1-3-8(4-2-7)13-6-5-9(14)12-10(13)15/h1-4H,5-6H2,(H,12,14,15). The zero-order chi connectivity index (χ0) is 10.8. The van der Waals surface area contributed by atoms with Crippen LogP contribution in [-0.2, 0) is 4.79 Å². The summed E-state index contributed by atoms with van der Waals surface area (Å²) in [5, 5.41) is 2.28. The van der Waals surface area contributed by atoms with E-state index in [2.05, 4.69) is 21.2 Å². The lowest BCUT2D eigenvalue weighted by Gasteiger charge is -2.26. The number of nitrogens with zero attached hydrogens (tertiary/aromatic N) is 1. The van der Waals surface area contributed by atoms with Crippen molar-refractivity contribution in [3.8, 4) is 0 Å². The van der Waals surface area contributed by atoms with E-state index in [0.717, 1.165) is 10.2 Å². The van der Waals surface area contributed by atoms with Crippen LogP contribution in [0.3, 0.4) is 0 Å². The first-order chi connectivity index (χ1) is 7.16. The summed E-state index contributed by atoms with van der Waals surface area (Å²) in [4.78, 5) is 24.0. The molecule has 0 aromatic heterocycles. The summed E-state index contributed by atoms with van der Waals surface area (Å²) in [5.41, 5.74) is 0.795. The second-order valence-electron chi connectivity index (χ2n) is 3.23. The second-order valence-corrected chi connectivity index (χ2v) is 4.15. The van der Waals surface area contributed by atoms with Crippen molar-refractivity contribution < 1.29 is 9.59 Å². The average Bonchev–Trinajstić information content (AvgIpc) is 2.20. The summed E-state index contributed by atoms with van der Waals surface area (Å²) in [6, 6.07) is 7.03. The second kappa shape index (κ2) is 4.02. The van der Waals surface area contributed by atoms with Gasteiger partial charge in [-0.2, -0.15) is 0 Å². The first-order valence-electron chi connectivity index (χ1n) is 4.54. The van der Waals surface area contributed by atoms with E-state index in [0.29, 0.717) is 13.0 Å². The lowest BCUT2D eigenvalue weighted by atomic mass is 10.2. The molecule has 2 rings (SSSR count). The summed E-state index contributed by atoms with van der Waals surface area (Å²) >= 11 is 3.32. The van der Waals surface area contributed by atoms with Gasteiger partial charge in [0.2, 0.25) is 5.91 Å². The summed E-state index contributed by atoms with van der Waals surface area (Å²) in [6.07, 6.45) is 0.349. The molecule has 1 saturated heterocycles. The van der Waals surface area contributed by atoms with E-state index < -0.39 is 0 Å². The summed E-state index contributed by atoms with van der Waals surface area (Å²) in [5.74, 6) is -0.214. The molecule has 1 fully saturated rings. The molecule has 4 nitrogen and oxygen atoms in total. The fourth-order valence-corrected chi connectivity index (χ4v) is 1.70. The number of hydrogen-bond acceptors (Lipinski definition) is 2. The van der Waals surface area contributed by atoms with Crippen LogP contribution < -0.4 is 10.2 Å². The number of rotatable bonds is 1. The molecule has 15 heavy (non-hydrogen) atoms. The molecule has 0 spiro atoms. The Morgan fingerprint density at radius 3 is 2.47 bits per heavy atom. The maximum atomic E-state index is 11.5. The summed E-state index contributed by atoms with van der Waals surface area (Å²) < 4.78 is 0.958. The first-order valence-corrected chi connectivity index (χ1v) is 5.33. The van der Waals surface area contributed by atoms with Gasteiger partial charge in [-0.25, -0.2) is 4.79 Å². The quantitative estimate of drug-likeness (QED) is 0.846. The molecule has 0 radical (unpaired) electrons. The lowest BCUT2D eigenvalue weighted by molar-refractivity contribution is -0.120. The number of anilines is 1. The molecule has 1 N–H and O–H groups in total. The van der Waals surface area contributed by atoms with Crippen molar-refractivity contribution >= 4 is 33.6 Å². The smallest absolute Gasteiger partial charge is 0.294 e. The topological polar surface area (TPSA) is 49.4 Å². The normalized spacial score (nSPS) is 16.5. The first kappa shape index (κ1) is 10.2. The predicted octanol–water partition coefficient (Wildman–Crippen LogP) is 1.90. The van der Waals surface area contributed by atoms with Gasteiger partial charge in [0, 0.05) is 23.1 Å². The van der Waals surface area contributed by atoms with Crippen LogP contribution in [0, 0.1) is 0 Å². The van der Waals surface area contributed by atoms with E-state index in [-0.39, 0.29) is 11.9 Å². The average molecular weight is 269 g/mol. The molecule has 0 saturated carbocycles. The third-order valence-electron chi connectivity index (χ3n) is 2.19. The van der Waals surface area contributed by atoms with Gasteiger partial charge in [-0.3, -0.25) is 15.0 Å². The Hall–Kier alpha value is -1.36. The third-order valence-corrected chi connectivity index (χ3v) is 2.72. The molecule has 1 aliphatic heterocycles. The van der Waals surface area contributed by atoms with Gasteiger partial charge in [0.15, 0.2) is 0 Å². The van der Waals surface area contributed by atoms with E-state index in [4.69, 9.17) is 0 Å². The van der Waals surface area contributed by atoms with Gasteiger partial charge in [0.25, 0.3) is 0 Å². The van der Waals surface area contributed by atoms with Crippen molar-refractivity contribution in [2.24, 2.45) is 0 Å². The molecular weight excluding hydrogens is 260 g/mol. The molecule has 1 aliphatic rings. The van der Waals surface area contributed by atoms with Gasteiger partial charge < -0.3 is 0 Å². The van der Waals surface area contributed by atoms with Gasteiger partial charge in [0.05, 0.1) is 0 Å². The zero-order valence-electron chi connectivity index (χ0n) is 7.87. The number of halogens is 1. The monoisotopic (exact) mass is 268 g/mol. The van der Waals surface area contributed by atoms with Crippen LogP contribution >= 0.6 is 15.9 Å². The molecule has 78 valence electrons. The van der Waals surface area contributed by atoms with Gasteiger partial charge in [0.1, 0.15) is 0 Å². The van der Waals surface area contributed by atoms with Crippen LogP contribution in [-0.4, -0.2) is 18.5 Å². The molecule has 0 unspecified atom stereocenters. The fourth-order valence-electron chi connectivity index (χ4n) is 1.43. The minimum absolute atomic E-state index is 0.214. The molecule has 5 heteroatoms. The van der Waals surface area contributed by atoms with E-state index in [9.17, 15) is 9.59 Å². The number of nitrogens with one attached hydrogen (secondary N) is 1. The molecule has 1 aromatic rings.